The molecule has 0 atom stereocenters. The highest BCUT2D eigenvalue weighted by atomic mass is 35.5. The number of alkyl carbamates (subject to hydrolysis) is 1. The van der Waals surface area contributed by atoms with Crippen molar-refractivity contribution in [2.24, 2.45) is 0 Å². The Morgan fingerprint density at radius 1 is 1.04 bits per heavy atom. The predicted molar refractivity (Wildman–Crippen MR) is 98.5 cm³/mol. The number of hydrogen-bond acceptors (Lipinski definition) is 5. The average molecular weight is 406 g/mol. The highest BCUT2D eigenvalue weighted by molar-refractivity contribution is 7.89. The Labute approximate surface area is 158 Å². The average Bonchev–Trinajstić information content (AvgIpc) is 2.50. The lowest BCUT2D eigenvalue weighted by Crippen LogP contribution is -2.37. The number of carbonyl (C=O) groups excluding carboxylic acids is 2. The van der Waals surface area contributed by atoms with Crippen molar-refractivity contribution in [3.05, 3.63) is 29.3 Å². The number of halogens is 1. The van der Waals surface area contributed by atoms with Crippen LogP contribution in [-0.4, -0.2) is 45.7 Å². The molecule has 0 aliphatic carbocycles. The van der Waals surface area contributed by atoms with Crippen LogP contribution in [0, 0.1) is 0 Å². The third-order valence-electron chi connectivity index (χ3n) is 2.88. The van der Waals surface area contributed by atoms with Crippen LogP contribution in [0.4, 0.5) is 4.79 Å². The van der Waals surface area contributed by atoms with Gasteiger partial charge in [0.05, 0.1) is 4.90 Å². The molecule has 1 rings (SSSR count). The maximum Gasteiger partial charge on any atom is 0.407 e. The molecule has 1 aromatic rings. The van der Waals surface area contributed by atoms with E-state index in [1.54, 1.807) is 20.8 Å². The molecule has 8 nitrogen and oxygen atoms in total. The predicted octanol–water partition coefficient (Wildman–Crippen LogP) is 1.65. The highest BCUT2D eigenvalue weighted by Crippen LogP contribution is 2.13. The second-order valence-electron chi connectivity index (χ2n) is 6.38. The lowest BCUT2D eigenvalue weighted by molar-refractivity contribution is -0.120. The molecule has 0 aliphatic heterocycles. The summed E-state index contributed by atoms with van der Waals surface area (Å²) in [4.78, 5) is 23.2. The molecule has 0 aromatic heterocycles. The molecule has 0 spiro atoms. The smallest absolute Gasteiger partial charge is 0.407 e. The van der Waals surface area contributed by atoms with Crippen LogP contribution < -0.4 is 15.4 Å². The molecule has 0 bridgehead atoms. The molecule has 0 radical (unpaired) electrons. The Balaban J connectivity index is 2.23. The van der Waals surface area contributed by atoms with Crippen LogP contribution in [0.25, 0.3) is 0 Å². The molecule has 146 valence electrons. The zero-order chi connectivity index (χ0) is 19.8. The number of benzene rings is 1. The van der Waals surface area contributed by atoms with E-state index in [1.165, 1.54) is 24.3 Å². The van der Waals surface area contributed by atoms with E-state index in [2.05, 4.69) is 15.4 Å². The van der Waals surface area contributed by atoms with Crippen LogP contribution in [0.1, 0.15) is 27.2 Å². The molecule has 0 saturated heterocycles. The van der Waals surface area contributed by atoms with Crippen LogP contribution in [0.5, 0.6) is 0 Å². The van der Waals surface area contributed by atoms with Gasteiger partial charge in [0.2, 0.25) is 15.9 Å². The van der Waals surface area contributed by atoms with Gasteiger partial charge in [-0.25, -0.2) is 17.9 Å². The normalized spacial score (nSPS) is 11.7. The monoisotopic (exact) mass is 405 g/mol. The van der Waals surface area contributed by atoms with E-state index < -0.39 is 21.7 Å². The fourth-order valence-electron chi connectivity index (χ4n) is 1.77. The Bertz CT molecular complexity index is 714. The van der Waals surface area contributed by atoms with Crippen molar-refractivity contribution < 1.29 is 22.7 Å². The van der Waals surface area contributed by atoms with E-state index in [-0.39, 0.29) is 36.9 Å². The lowest BCUT2D eigenvalue weighted by Gasteiger charge is -2.19. The SMILES string of the molecule is CC(C)(C)OC(=O)NCCC(=O)NCCNS(=O)(=O)c1ccc(Cl)cc1. The number of hydrogen-bond donors (Lipinski definition) is 3. The number of sulfonamides is 1. The molecule has 2 amide bonds. The Hall–Kier alpha value is -1.84. The minimum absolute atomic E-state index is 0.0379. The van der Waals surface area contributed by atoms with E-state index >= 15 is 0 Å². The van der Waals surface area contributed by atoms with Gasteiger partial charge in [-0.3, -0.25) is 4.79 Å². The lowest BCUT2D eigenvalue weighted by atomic mass is 10.2. The first-order chi connectivity index (χ1) is 12.0. The summed E-state index contributed by atoms with van der Waals surface area (Å²) in [5.74, 6) is -0.313. The van der Waals surface area contributed by atoms with Crippen molar-refractivity contribution >= 4 is 33.6 Å². The standard InChI is InChI=1S/C16H24ClN3O5S/c1-16(2,3)25-15(22)19-9-8-14(21)18-10-11-20-26(23,24)13-6-4-12(17)5-7-13/h4-7,20H,8-11H2,1-3H3,(H,18,21)(H,19,22). The number of rotatable bonds is 8. The maximum atomic E-state index is 12.0. The minimum atomic E-state index is -3.65. The van der Waals surface area contributed by atoms with Crippen LogP contribution in [-0.2, 0) is 19.6 Å². The van der Waals surface area contributed by atoms with E-state index in [4.69, 9.17) is 16.3 Å². The molecule has 0 fully saturated rings. The van der Waals surface area contributed by atoms with Gasteiger partial charge in [-0.15, -0.1) is 0 Å². The zero-order valence-electron chi connectivity index (χ0n) is 15.0. The van der Waals surface area contributed by atoms with Gasteiger partial charge in [0.1, 0.15) is 5.60 Å². The van der Waals surface area contributed by atoms with Crippen LogP contribution in [0.2, 0.25) is 5.02 Å². The van der Waals surface area contributed by atoms with E-state index in [0.717, 1.165) is 0 Å². The molecule has 0 saturated carbocycles. The van der Waals surface area contributed by atoms with Crippen LogP contribution >= 0.6 is 11.6 Å². The first-order valence-electron chi connectivity index (χ1n) is 7.98. The first kappa shape index (κ1) is 22.2. The summed E-state index contributed by atoms with van der Waals surface area (Å²) in [6.07, 6.45) is -0.538. The largest absolute Gasteiger partial charge is 0.444 e. The van der Waals surface area contributed by atoms with Crippen molar-refractivity contribution in [2.75, 3.05) is 19.6 Å². The van der Waals surface area contributed by atoms with Gasteiger partial charge in [0.25, 0.3) is 0 Å². The summed E-state index contributed by atoms with van der Waals surface area (Å²) in [6, 6.07) is 5.75. The molecule has 26 heavy (non-hydrogen) atoms. The molecular weight excluding hydrogens is 382 g/mol. The molecular formula is C16H24ClN3O5S. The van der Waals surface area contributed by atoms with Crippen molar-refractivity contribution in [2.45, 2.75) is 37.7 Å². The van der Waals surface area contributed by atoms with Crippen molar-refractivity contribution in [1.29, 1.82) is 0 Å². The summed E-state index contributed by atoms with van der Waals surface area (Å²) in [6.45, 7) is 5.50. The molecule has 10 heteroatoms. The van der Waals surface area contributed by atoms with E-state index in [1.807, 2.05) is 0 Å². The number of amides is 2. The number of carbonyl (C=O) groups is 2. The molecule has 0 unspecified atom stereocenters. The maximum absolute atomic E-state index is 12.0. The van der Waals surface area contributed by atoms with Gasteiger partial charge >= 0.3 is 6.09 Å². The van der Waals surface area contributed by atoms with Gasteiger partial charge in [-0.2, -0.15) is 0 Å². The van der Waals surface area contributed by atoms with Crippen molar-refractivity contribution in [1.82, 2.24) is 15.4 Å². The third-order valence-corrected chi connectivity index (χ3v) is 4.61. The fraction of sp³-hybridized carbons (Fsp3) is 0.500. The Morgan fingerprint density at radius 2 is 1.65 bits per heavy atom. The highest BCUT2D eigenvalue weighted by Gasteiger charge is 2.16. The minimum Gasteiger partial charge on any atom is -0.444 e. The van der Waals surface area contributed by atoms with Crippen molar-refractivity contribution in [3.8, 4) is 0 Å². The van der Waals surface area contributed by atoms with Gasteiger partial charge in [-0.1, -0.05) is 11.6 Å². The Kier molecular flexibility index (Phi) is 8.32. The summed E-state index contributed by atoms with van der Waals surface area (Å²) in [7, 11) is -3.65. The summed E-state index contributed by atoms with van der Waals surface area (Å²) < 4.78 is 31.5. The summed E-state index contributed by atoms with van der Waals surface area (Å²) in [5.41, 5.74) is -0.604. The fourth-order valence-corrected chi connectivity index (χ4v) is 2.92. The molecule has 1 aromatic carbocycles. The quantitative estimate of drug-likeness (QED) is 0.569. The summed E-state index contributed by atoms with van der Waals surface area (Å²) in [5, 5.41) is 5.47. The Morgan fingerprint density at radius 3 is 2.23 bits per heavy atom. The molecule has 0 heterocycles. The van der Waals surface area contributed by atoms with Crippen LogP contribution in [0.15, 0.2) is 29.2 Å². The van der Waals surface area contributed by atoms with E-state index in [0.29, 0.717) is 5.02 Å². The number of nitrogens with one attached hydrogen (secondary N) is 3. The third kappa shape index (κ3) is 9.02. The summed E-state index contributed by atoms with van der Waals surface area (Å²) >= 11 is 5.72. The van der Waals surface area contributed by atoms with Gasteiger partial charge in [-0.05, 0) is 45.0 Å². The van der Waals surface area contributed by atoms with E-state index in [9.17, 15) is 18.0 Å². The van der Waals surface area contributed by atoms with Crippen molar-refractivity contribution in [3.63, 3.8) is 0 Å². The topological polar surface area (TPSA) is 114 Å². The second kappa shape index (κ2) is 9.75. The second-order valence-corrected chi connectivity index (χ2v) is 8.58. The van der Waals surface area contributed by atoms with Crippen LogP contribution in [0.3, 0.4) is 0 Å². The first-order valence-corrected chi connectivity index (χ1v) is 9.84. The number of ether oxygens (including phenoxy) is 1. The zero-order valence-corrected chi connectivity index (χ0v) is 16.5. The molecule has 3 N–H and O–H groups in total. The van der Waals surface area contributed by atoms with Gasteiger partial charge in [0.15, 0.2) is 0 Å². The molecule has 0 aliphatic rings. The van der Waals surface area contributed by atoms with Gasteiger partial charge < -0.3 is 15.4 Å². The van der Waals surface area contributed by atoms with Gasteiger partial charge in [0, 0.05) is 31.1 Å².